The molecule has 0 aliphatic rings. The van der Waals surface area contributed by atoms with Crippen molar-refractivity contribution in [3.63, 3.8) is 0 Å². The molecule has 0 saturated carbocycles. The van der Waals surface area contributed by atoms with Gasteiger partial charge in [-0.3, -0.25) is 4.79 Å². The van der Waals surface area contributed by atoms with Crippen molar-refractivity contribution in [2.75, 3.05) is 6.26 Å². The van der Waals surface area contributed by atoms with E-state index in [1.165, 1.54) is 4.90 Å². The van der Waals surface area contributed by atoms with Gasteiger partial charge in [0.25, 0.3) is 0 Å². The molecule has 0 aliphatic carbocycles. The van der Waals surface area contributed by atoms with Gasteiger partial charge >= 0.3 is 5.97 Å². The van der Waals surface area contributed by atoms with Gasteiger partial charge in [-0.1, -0.05) is 12.1 Å². The molecule has 4 nitrogen and oxygen atoms in total. The van der Waals surface area contributed by atoms with Gasteiger partial charge < -0.3 is 5.11 Å². The standard InChI is InChI=1S/C16H18N2O2S/c1-9(16(19)20)14-10(2)17-15(18-11(14)3)12-5-7-13(21-4)8-6-12/h5-9H,1-4H3,(H,19,20). The van der Waals surface area contributed by atoms with Crippen LogP contribution in [0.2, 0.25) is 0 Å². The fraction of sp³-hybridized carbons (Fsp3) is 0.312. The Labute approximate surface area is 128 Å². The van der Waals surface area contributed by atoms with Crippen molar-refractivity contribution < 1.29 is 9.90 Å². The largest absolute Gasteiger partial charge is 0.481 e. The lowest BCUT2D eigenvalue weighted by atomic mass is 9.98. The van der Waals surface area contributed by atoms with Crippen LogP contribution in [0.3, 0.4) is 0 Å². The second-order valence-electron chi connectivity index (χ2n) is 4.92. The van der Waals surface area contributed by atoms with Crippen LogP contribution in [0.15, 0.2) is 29.2 Å². The summed E-state index contributed by atoms with van der Waals surface area (Å²) < 4.78 is 0. The Morgan fingerprint density at radius 2 is 1.67 bits per heavy atom. The molecule has 1 unspecified atom stereocenters. The minimum absolute atomic E-state index is 0.599. The van der Waals surface area contributed by atoms with Crippen LogP contribution in [0.4, 0.5) is 0 Å². The highest BCUT2D eigenvalue weighted by molar-refractivity contribution is 7.98. The lowest BCUT2D eigenvalue weighted by Gasteiger charge is -2.14. The molecule has 1 aromatic carbocycles. The Hall–Kier alpha value is -1.88. The van der Waals surface area contributed by atoms with E-state index >= 15 is 0 Å². The van der Waals surface area contributed by atoms with Crippen LogP contribution in [0.25, 0.3) is 11.4 Å². The second kappa shape index (κ2) is 6.26. The molecule has 110 valence electrons. The summed E-state index contributed by atoms with van der Waals surface area (Å²) in [6.45, 7) is 5.33. The van der Waals surface area contributed by atoms with Crippen LogP contribution in [0, 0.1) is 13.8 Å². The first-order valence-corrected chi connectivity index (χ1v) is 7.89. The number of nitrogens with zero attached hydrogens (tertiary/aromatic N) is 2. The van der Waals surface area contributed by atoms with Gasteiger partial charge in [-0.15, -0.1) is 11.8 Å². The first-order chi connectivity index (χ1) is 9.93. The monoisotopic (exact) mass is 302 g/mol. The molecule has 2 aromatic rings. The predicted molar refractivity (Wildman–Crippen MR) is 84.8 cm³/mol. The van der Waals surface area contributed by atoms with Gasteiger partial charge in [0.1, 0.15) is 0 Å². The van der Waals surface area contributed by atoms with E-state index in [2.05, 4.69) is 9.97 Å². The number of carboxylic acid groups (broad SMARTS) is 1. The zero-order valence-corrected chi connectivity index (χ0v) is 13.4. The van der Waals surface area contributed by atoms with Crippen LogP contribution in [-0.2, 0) is 4.79 Å². The first-order valence-electron chi connectivity index (χ1n) is 6.66. The molecule has 0 radical (unpaired) electrons. The topological polar surface area (TPSA) is 63.1 Å². The fourth-order valence-electron chi connectivity index (χ4n) is 2.34. The molecule has 0 amide bonds. The molecular weight excluding hydrogens is 284 g/mol. The first kappa shape index (κ1) is 15.5. The lowest BCUT2D eigenvalue weighted by molar-refractivity contribution is -0.138. The third-order valence-electron chi connectivity index (χ3n) is 3.48. The minimum atomic E-state index is -0.859. The number of hydrogen-bond donors (Lipinski definition) is 1. The van der Waals surface area contributed by atoms with Gasteiger partial charge in [0.2, 0.25) is 0 Å². The third kappa shape index (κ3) is 3.24. The Bertz CT molecular complexity index is 645. The maximum Gasteiger partial charge on any atom is 0.310 e. The summed E-state index contributed by atoms with van der Waals surface area (Å²) in [6.07, 6.45) is 2.03. The van der Waals surface area contributed by atoms with E-state index in [0.717, 1.165) is 17.0 Å². The highest BCUT2D eigenvalue weighted by atomic mass is 32.2. The Morgan fingerprint density at radius 1 is 1.14 bits per heavy atom. The van der Waals surface area contributed by atoms with Gasteiger partial charge in [-0.2, -0.15) is 0 Å². The molecule has 0 saturated heterocycles. The molecule has 2 rings (SSSR count). The summed E-state index contributed by atoms with van der Waals surface area (Å²) in [5, 5.41) is 9.17. The van der Waals surface area contributed by atoms with Gasteiger partial charge in [0, 0.05) is 27.4 Å². The highest BCUT2D eigenvalue weighted by Gasteiger charge is 2.21. The van der Waals surface area contributed by atoms with E-state index in [4.69, 9.17) is 0 Å². The average Bonchev–Trinajstić information content (AvgIpc) is 2.46. The minimum Gasteiger partial charge on any atom is -0.481 e. The molecule has 0 bridgehead atoms. The number of carbonyl (C=O) groups is 1. The van der Waals surface area contributed by atoms with E-state index in [0.29, 0.717) is 11.4 Å². The molecule has 0 fully saturated rings. The Morgan fingerprint density at radius 3 is 2.10 bits per heavy atom. The fourth-order valence-corrected chi connectivity index (χ4v) is 2.75. The number of thioether (sulfide) groups is 1. The third-order valence-corrected chi connectivity index (χ3v) is 4.22. The van der Waals surface area contributed by atoms with Crippen molar-refractivity contribution in [2.45, 2.75) is 31.6 Å². The van der Waals surface area contributed by atoms with Crippen LogP contribution in [-0.4, -0.2) is 27.3 Å². The van der Waals surface area contributed by atoms with E-state index in [9.17, 15) is 9.90 Å². The average molecular weight is 302 g/mol. The van der Waals surface area contributed by atoms with E-state index in [-0.39, 0.29) is 0 Å². The zero-order chi connectivity index (χ0) is 15.6. The number of aromatic nitrogens is 2. The summed E-state index contributed by atoms with van der Waals surface area (Å²) in [4.78, 5) is 21.3. The number of aryl methyl sites for hydroxylation is 2. The summed E-state index contributed by atoms with van der Waals surface area (Å²) in [5.41, 5.74) is 3.09. The molecule has 0 aliphatic heterocycles. The number of aliphatic carboxylic acids is 1. The van der Waals surface area contributed by atoms with Crippen molar-refractivity contribution in [1.82, 2.24) is 9.97 Å². The summed E-state index contributed by atoms with van der Waals surface area (Å²) in [7, 11) is 0. The van der Waals surface area contributed by atoms with Crippen molar-refractivity contribution >= 4 is 17.7 Å². The van der Waals surface area contributed by atoms with Gasteiger partial charge in [-0.25, -0.2) is 9.97 Å². The van der Waals surface area contributed by atoms with Gasteiger partial charge in [0.05, 0.1) is 5.92 Å². The Kier molecular flexibility index (Phi) is 4.63. The van der Waals surface area contributed by atoms with E-state index in [1.807, 2.05) is 44.4 Å². The number of benzene rings is 1. The molecule has 1 heterocycles. The smallest absolute Gasteiger partial charge is 0.310 e. The number of rotatable bonds is 4. The Balaban J connectivity index is 2.45. The van der Waals surface area contributed by atoms with E-state index < -0.39 is 11.9 Å². The molecule has 5 heteroatoms. The normalized spacial score (nSPS) is 12.2. The van der Waals surface area contributed by atoms with Crippen molar-refractivity contribution in [3.05, 3.63) is 41.2 Å². The van der Waals surface area contributed by atoms with E-state index in [1.54, 1.807) is 18.7 Å². The molecule has 1 aromatic heterocycles. The van der Waals surface area contributed by atoms with Crippen LogP contribution in [0.1, 0.15) is 29.8 Å². The summed E-state index contributed by atoms with van der Waals surface area (Å²) in [6, 6.07) is 8.03. The zero-order valence-electron chi connectivity index (χ0n) is 12.5. The summed E-state index contributed by atoms with van der Waals surface area (Å²) in [5.74, 6) is -0.821. The SMILES string of the molecule is CSc1ccc(-c2nc(C)c(C(C)C(=O)O)c(C)n2)cc1. The molecular formula is C16H18N2O2S. The quantitative estimate of drug-likeness (QED) is 0.873. The molecule has 21 heavy (non-hydrogen) atoms. The number of hydrogen-bond acceptors (Lipinski definition) is 4. The molecule has 1 atom stereocenters. The van der Waals surface area contributed by atoms with Crippen molar-refractivity contribution in [2.24, 2.45) is 0 Å². The maximum atomic E-state index is 11.2. The second-order valence-corrected chi connectivity index (χ2v) is 5.80. The molecule has 1 N–H and O–H groups in total. The van der Waals surface area contributed by atoms with Crippen molar-refractivity contribution in [1.29, 1.82) is 0 Å². The van der Waals surface area contributed by atoms with Gasteiger partial charge in [0.15, 0.2) is 5.82 Å². The van der Waals surface area contributed by atoms with Gasteiger partial charge in [-0.05, 0) is 39.2 Å². The highest BCUT2D eigenvalue weighted by Crippen LogP contribution is 2.26. The summed E-state index contributed by atoms with van der Waals surface area (Å²) >= 11 is 1.68. The van der Waals surface area contributed by atoms with Crippen LogP contribution < -0.4 is 0 Å². The molecule has 0 spiro atoms. The van der Waals surface area contributed by atoms with Crippen molar-refractivity contribution in [3.8, 4) is 11.4 Å². The lowest BCUT2D eigenvalue weighted by Crippen LogP contribution is -2.13. The maximum absolute atomic E-state index is 11.2. The van der Waals surface area contributed by atoms with Crippen LogP contribution in [0.5, 0.6) is 0 Å². The number of carboxylic acids is 1. The predicted octanol–water partition coefficient (Wildman–Crippen LogP) is 3.67. The van der Waals surface area contributed by atoms with Crippen LogP contribution >= 0.6 is 11.8 Å².